The molecule has 6 heteroatoms. The summed E-state index contributed by atoms with van der Waals surface area (Å²) in [6.07, 6.45) is 5.12. The molecule has 5 nitrogen and oxygen atoms in total. The molecule has 2 aliphatic heterocycles. The maximum atomic E-state index is 5.97. The largest absolute Gasteiger partial charge is 0.375 e. The first-order valence-electron chi connectivity index (χ1n) is 9.65. The van der Waals surface area contributed by atoms with Crippen molar-refractivity contribution in [2.24, 2.45) is 4.99 Å². The van der Waals surface area contributed by atoms with E-state index in [-0.39, 0.29) is 17.6 Å². The van der Waals surface area contributed by atoms with Crippen molar-refractivity contribution in [3.63, 3.8) is 0 Å². The summed E-state index contributed by atoms with van der Waals surface area (Å²) in [6.45, 7) is 4.27. The number of nitrogens with zero attached hydrogens (tertiary/aromatic N) is 2. The highest BCUT2D eigenvalue weighted by atomic mass is 79.9. The molecule has 2 atom stereocenters. The lowest BCUT2D eigenvalue weighted by atomic mass is 9.96. The van der Waals surface area contributed by atoms with Crippen LogP contribution in [-0.4, -0.2) is 63.0 Å². The summed E-state index contributed by atoms with van der Waals surface area (Å²) in [5.74, 6) is 0.984. The van der Waals surface area contributed by atoms with E-state index in [4.69, 9.17) is 9.47 Å². The van der Waals surface area contributed by atoms with Crippen molar-refractivity contribution in [1.82, 2.24) is 10.2 Å². The zero-order chi connectivity index (χ0) is 18.0. The van der Waals surface area contributed by atoms with Gasteiger partial charge in [-0.3, -0.25) is 4.99 Å². The minimum absolute atomic E-state index is 0.157. The number of ether oxygens (including phenoxy) is 2. The Morgan fingerprint density at radius 3 is 2.85 bits per heavy atom. The van der Waals surface area contributed by atoms with E-state index in [1.54, 1.807) is 0 Å². The van der Waals surface area contributed by atoms with Gasteiger partial charge in [-0.2, -0.15) is 0 Å². The average Bonchev–Trinajstić information content (AvgIpc) is 3.25. The van der Waals surface area contributed by atoms with E-state index in [2.05, 4.69) is 55.4 Å². The second-order valence-electron chi connectivity index (χ2n) is 7.60. The fourth-order valence-corrected chi connectivity index (χ4v) is 4.51. The van der Waals surface area contributed by atoms with Gasteiger partial charge in [0.15, 0.2) is 5.96 Å². The second kappa shape index (κ2) is 7.87. The topological polar surface area (TPSA) is 46.1 Å². The van der Waals surface area contributed by atoms with E-state index >= 15 is 0 Å². The lowest BCUT2D eigenvalue weighted by Gasteiger charge is -2.37. The highest BCUT2D eigenvalue weighted by Gasteiger charge is 2.44. The summed E-state index contributed by atoms with van der Waals surface area (Å²) >= 11 is 3.60. The molecule has 3 aliphatic rings. The molecule has 1 saturated carbocycles. The van der Waals surface area contributed by atoms with Crippen LogP contribution in [0.4, 0.5) is 0 Å². The number of guanidine groups is 1. The molecule has 4 rings (SSSR count). The molecule has 1 aromatic rings. The number of morpholine rings is 1. The van der Waals surface area contributed by atoms with Gasteiger partial charge in [0.2, 0.25) is 0 Å². The molecule has 26 heavy (non-hydrogen) atoms. The third kappa shape index (κ3) is 3.92. The normalized spacial score (nSPS) is 28.2. The Bertz CT molecular complexity index is 656. The third-order valence-electron chi connectivity index (χ3n) is 5.86. The van der Waals surface area contributed by atoms with Crippen LogP contribution in [0.2, 0.25) is 0 Å². The Morgan fingerprint density at radius 2 is 2.15 bits per heavy atom. The molecule has 1 aromatic carbocycles. The number of aliphatic imine (C=N–C) groups is 1. The van der Waals surface area contributed by atoms with Crippen molar-refractivity contribution in [3.8, 4) is 0 Å². The van der Waals surface area contributed by atoms with Crippen molar-refractivity contribution in [2.45, 2.75) is 43.3 Å². The summed E-state index contributed by atoms with van der Waals surface area (Å²) in [7, 11) is 1.87. The van der Waals surface area contributed by atoms with Crippen LogP contribution < -0.4 is 5.32 Å². The lowest BCUT2D eigenvalue weighted by molar-refractivity contribution is -0.0817. The predicted octanol–water partition coefficient (Wildman–Crippen LogP) is 2.94. The highest BCUT2D eigenvalue weighted by Crippen LogP contribution is 2.48. The smallest absolute Gasteiger partial charge is 0.193 e. The maximum Gasteiger partial charge on any atom is 0.193 e. The SMILES string of the molecule is CN=C(NCC1(c2cccc(Br)c2)CC1)N1CCOC(C2CCCO2)C1. The number of hydrogen-bond donors (Lipinski definition) is 1. The van der Waals surface area contributed by atoms with E-state index < -0.39 is 0 Å². The molecule has 0 aromatic heterocycles. The van der Waals surface area contributed by atoms with Crippen LogP contribution in [0.25, 0.3) is 0 Å². The van der Waals surface area contributed by atoms with Crippen molar-refractivity contribution in [1.29, 1.82) is 0 Å². The van der Waals surface area contributed by atoms with E-state index in [1.165, 1.54) is 18.4 Å². The standard InChI is InChI=1S/C20H28BrN3O2/c1-22-19(24-9-11-26-18(13-24)17-6-3-10-25-17)23-14-20(7-8-20)15-4-2-5-16(21)12-15/h2,4-5,12,17-18H,3,6-11,13-14H2,1H3,(H,22,23). The molecule has 142 valence electrons. The van der Waals surface area contributed by atoms with E-state index in [1.807, 2.05) is 7.05 Å². The van der Waals surface area contributed by atoms with E-state index in [9.17, 15) is 0 Å². The van der Waals surface area contributed by atoms with Crippen molar-refractivity contribution in [2.75, 3.05) is 39.9 Å². The van der Waals surface area contributed by atoms with Crippen molar-refractivity contribution in [3.05, 3.63) is 34.3 Å². The molecule has 2 unspecified atom stereocenters. The predicted molar refractivity (Wildman–Crippen MR) is 107 cm³/mol. The van der Waals surface area contributed by atoms with E-state index in [0.29, 0.717) is 0 Å². The Labute approximate surface area is 164 Å². The van der Waals surface area contributed by atoms with Gasteiger partial charge in [-0.05, 0) is 43.4 Å². The van der Waals surface area contributed by atoms with Gasteiger partial charge in [0.25, 0.3) is 0 Å². The van der Waals surface area contributed by atoms with Gasteiger partial charge < -0.3 is 19.7 Å². The monoisotopic (exact) mass is 421 g/mol. The number of nitrogens with one attached hydrogen (secondary N) is 1. The van der Waals surface area contributed by atoms with Crippen molar-refractivity contribution < 1.29 is 9.47 Å². The summed E-state index contributed by atoms with van der Waals surface area (Å²) in [4.78, 5) is 6.87. The van der Waals surface area contributed by atoms with Gasteiger partial charge in [-0.25, -0.2) is 0 Å². The second-order valence-corrected chi connectivity index (χ2v) is 8.51. The Balaban J connectivity index is 1.37. The Morgan fingerprint density at radius 1 is 1.31 bits per heavy atom. The molecule has 1 aliphatic carbocycles. The molecule has 2 saturated heterocycles. The maximum absolute atomic E-state index is 5.97. The lowest BCUT2D eigenvalue weighted by Crippen LogP contribution is -2.54. The average molecular weight is 422 g/mol. The number of benzene rings is 1. The molecule has 0 radical (unpaired) electrons. The quantitative estimate of drug-likeness (QED) is 0.599. The van der Waals surface area contributed by atoms with Gasteiger partial charge in [-0.15, -0.1) is 0 Å². The fraction of sp³-hybridized carbons (Fsp3) is 0.650. The zero-order valence-corrected chi connectivity index (χ0v) is 17.0. The highest BCUT2D eigenvalue weighted by molar-refractivity contribution is 9.10. The van der Waals surface area contributed by atoms with Crippen LogP contribution in [-0.2, 0) is 14.9 Å². The molecular weight excluding hydrogens is 394 g/mol. The van der Waals surface area contributed by atoms with Crippen LogP contribution in [0.5, 0.6) is 0 Å². The summed E-state index contributed by atoms with van der Waals surface area (Å²) in [5, 5.41) is 3.64. The van der Waals surface area contributed by atoms with Crippen LogP contribution in [0.15, 0.2) is 33.7 Å². The van der Waals surface area contributed by atoms with E-state index in [0.717, 1.165) is 56.1 Å². The Hall–Kier alpha value is -1.11. The summed E-state index contributed by atoms with van der Waals surface area (Å²) in [5.41, 5.74) is 1.66. The van der Waals surface area contributed by atoms with Crippen molar-refractivity contribution >= 4 is 21.9 Å². The molecule has 0 spiro atoms. The minimum atomic E-state index is 0.157. The molecule has 3 fully saturated rings. The van der Waals surface area contributed by atoms with Crippen LogP contribution in [0, 0.1) is 0 Å². The molecular formula is C20H28BrN3O2. The van der Waals surface area contributed by atoms with Crippen LogP contribution in [0.1, 0.15) is 31.2 Å². The van der Waals surface area contributed by atoms with Gasteiger partial charge in [0.05, 0.1) is 12.7 Å². The van der Waals surface area contributed by atoms with Crippen LogP contribution in [0.3, 0.4) is 0 Å². The summed E-state index contributed by atoms with van der Waals surface area (Å²) in [6, 6.07) is 8.71. The first kappa shape index (κ1) is 18.3. The molecule has 1 N–H and O–H groups in total. The number of rotatable bonds is 4. The first-order chi connectivity index (χ1) is 12.7. The van der Waals surface area contributed by atoms with Crippen LogP contribution >= 0.6 is 15.9 Å². The van der Waals surface area contributed by atoms with Gasteiger partial charge in [-0.1, -0.05) is 28.1 Å². The first-order valence-corrected chi connectivity index (χ1v) is 10.4. The number of hydrogen-bond acceptors (Lipinski definition) is 3. The molecule has 0 amide bonds. The molecule has 2 heterocycles. The van der Waals surface area contributed by atoms with Gasteiger partial charge >= 0.3 is 0 Å². The summed E-state index contributed by atoms with van der Waals surface area (Å²) < 4.78 is 13.0. The minimum Gasteiger partial charge on any atom is -0.375 e. The fourth-order valence-electron chi connectivity index (χ4n) is 4.11. The Kier molecular flexibility index (Phi) is 5.53. The zero-order valence-electron chi connectivity index (χ0n) is 15.4. The molecule has 0 bridgehead atoms. The van der Waals surface area contributed by atoms with Gasteiger partial charge in [0, 0.05) is 43.2 Å². The third-order valence-corrected chi connectivity index (χ3v) is 6.35. The van der Waals surface area contributed by atoms with Gasteiger partial charge in [0.1, 0.15) is 6.10 Å². The number of halogens is 1.